The van der Waals surface area contributed by atoms with E-state index >= 15 is 0 Å². The van der Waals surface area contributed by atoms with Crippen LogP contribution >= 0.6 is 0 Å². The SMILES string of the molecule is COCC(NC(=O)C(CC(N)=O)NC(=O)CN1CCOCC1)C(=O)NCc1cccc2ccccc12. The molecule has 1 saturated heterocycles. The first-order valence-electron chi connectivity index (χ1n) is 11.8. The van der Waals surface area contributed by atoms with Crippen molar-refractivity contribution in [3.8, 4) is 0 Å². The molecular formula is C25H33N5O6. The number of fused-ring (bicyclic) bond motifs is 1. The number of hydrogen-bond acceptors (Lipinski definition) is 7. The van der Waals surface area contributed by atoms with Crippen molar-refractivity contribution in [1.82, 2.24) is 20.9 Å². The van der Waals surface area contributed by atoms with E-state index in [-0.39, 0.29) is 19.7 Å². The highest BCUT2D eigenvalue weighted by Gasteiger charge is 2.28. The highest BCUT2D eigenvalue weighted by molar-refractivity contribution is 5.95. The summed E-state index contributed by atoms with van der Waals surface area (Å²) in [6.07, 6.45) is -0.405. The van der Waals surface area contributed by atoms with Gasteiger partial charge in [0, 0.05) is 26.7 Å². The third kappa shape index (κ3) is 8.01. The number of carbonyl (C=O) groups excluding carboxylic acids is 4. The molecule has 0 spiro atoms. The van der Waals surface area contributed by atoms with Crippen LogP contribution in [0, 0.1) is 0 Å². The highest BCUT2D eigenvalue weighted by Crippen LogP contribution is 2.18. The van der Waals surface area contributed by atoms with Crippen LogP contribution in [0.15, 0.2) is 42.5 Å². The number of nitrogens with zero attached hydrogens (tertiary/aromatic N) is 1. The third-order valence-electron chi connectivity index (χ3n) is 5.83. The van der Waals surface area contributed by atoms with Crippen molar-refractivity contribution in [3.05, 3.63) is 48.0 Å². The largest absolute Gasteiger partial charge is 0.382 e. The summed E-state index contributed by atoms with van der Waals surface area (Å²) in [5, 5.41) is 10.0. The van der Waals surface area contributed by atoms with Gasteiger partial charge in [0.05, 0.1) is 32.8 Å². The van der Waals surface area contributed by atoms with Gasteiger partial charge in [0.25, 0.3) is 0 Å². The van der Waals surface area contributed by atoms with Gasteiger partial charge in [0.2, 0.25) is 23.6 Å². The quantitative estimate of drug-likeness (QED) is 0.301. The van der Waals surface area contributed by atoms with Gasteiger partial charge in [-0.1, -0.05) is 42.5 Å². The molecule has 0 bridgehead atoms. The Labute approximate surface area is 209 Å². The Morgan fingerprint density at radius 1 is 1.00 bits per heavy atom. The second kappa shape index (κ2) is 13.5. The Balaban J connectivity index is 1.61. The van der Waals surface area contributed by atoms with E-state index in [2.05, 4.69) is 16.0 Å². The molecule has 1 fully saturated rings. The number of benzene rings is 2. The summed E-state index contributed by atoms with van der Waals surface area (Å²) in [4.78, 5) is 51.8. The molecule has 2 aromatic carbocycles. The molecule has 0 saturated carbocycles. The first-order valence-corrected chi connectivity index (χ1v) is 11.8. The van der Waals surface area contributed by atoms with Crippen molar-refractivity contribution in [1.29, 1.82) is 0 Å². The standard InChI is InChI=1S/C25H33N5O6/c1-35-16-21(24(33)27-14-18-7-4-6-17-5-2-3-8-19(17)18)29-25(34)20(13-22(26)31)28-23(32)15-30-9-11-36-12-10-30/h2-8,20-21H,9-16H2,1H3,(H2,26,31)(H,27,33)(H,28,32)(H,29,34). The number of ether oxygens (including phenoxy) is 2. The zero-order chi connectivity index (χ0) is 25.9. The maximum Gasteiger partial charge on any atom is 0.245 e. The van der Waals surface area contributed by atoms with Crippen LogP contribution in [-0.2, 0) is 35.2 Å². The molecular weight excluding hydrogens is 466 g/mol. The second-order valence-electron chi connectivity index (χ2n) is 8.55. The Morgan fingerprint density at radius 3 is 2.44 bits per heavy atom. The fourth-order valence-electron chi connectivity index (χ4n) is 3.99. The van der Waals surface area contributed by atoms with Gasteiger partial charge in [-0.15, -0.1) is 0 Å². The number of rotatable bonds is 12. The normalized spacial score (nSPS) is 15.6. The summed E-state index contributed by atoms with van der Waals surface area (Å²) in [6, 6.07) is 11.4. The molecule has 36 heavy (non-hydrogen) atoms. The van der Waals surface area contributed by atoms with E-state index in [4.69, 9.17) is 15.2 Å². The van der Waals surface area contributed by atoms with Gasteiger partial charge >= 0.3 is 0 Å². The molecule has 1 aliphatic rings. The van der Waals surface area contributed by atoms with Gasteiger partial charge in [0.15, 0.2) is 0 Å². The topological polar surface area (TPSA) is 152 Å². The number of amides is 4. The van der Waals surface area contributed by atoms with Gasteiger partial charge < -0.3 is 31.2 Å². The van der Waals surface area contributed by atoms with E-state index in [1.54, 1.807) is 0 Å². The number of nitrogens with two attached hydrogens (primary N) is 1. The first kappa shape index (κ1) is 27.1. The molecule has 2 unspecified atom stereocenters. The smallest absolute Gasteiger partial charge is 0.245 e. The van der Waals surface area contributed by atoms with Gasteiger partial charge in [0.1, 0.15) is 12.1 Å². The number of carbonyl (C=O) groups is 4. The van der Waals surface area contributed by atoms with Gasteiger partial charge in [-0.2, -0.15) is 0 Å². The Hall–Kier alpha value is -3.54. The molecule has 1 aliphatic heterocycles. The molecule has 11 nitrogen and oxygen atoms in total. The van der Waals surface area contributed by atoms with Crippen molar-refractivity contribution in [2.24, 2.45) is 5.73 Å². The number of primary amides is 1. The number of hydrogen-bond donors (Lipinski definition) is 4. The summed E-state index contributed by atoms with van der Waals surface area (Å²) in [6.45, 7) is 2.42. The van der Waals surface area contributed by atoms with Crippen LogP contribution in [0.5, 0.6) is 0 Å². The Morgan fingerprint density at radius 2 is 1.72 bits per heavy atom. The minimum Gasteiger partial charge on any atom is -0.382 e. The second-order valence-corrected chi connectivity index (χ2v) is 8.55. The van der Waals surface area contributed by atoms with Crippen LogP contribution in [0.1, 0.15) is 12.0 Å². The number of nitrogens with one attached hydrogen (secondary N) is 3. The van der Waals surface area contributed by atoms with E-state index in [0.717, 1.165) is 16.3 Å². The van der Waals surface area contributed by atoms with E-state index in [1.165, 1.54) is 7.11 Å². The lowest BCUT2D eigenvalue weighted by molar-refractivity contribution is -0.134. The maximum absolute atomic E-state index is 12.9. The predicted molar refractivity (Wildman–Crippen MR) is 133 cm³/mol. The summed E-state index contributed by atoms with van der Waals surface area (Å²) in [5.41, 5.74) is 6.22. The molecule has 1 heterocycles. The lowest BCUT2D eigenvalue weighted by Gasteiger charge is -2.27. The lowest BCUT2D eigenvalue weighted by Crippen LogP contribution is -2.57. The molecule has 4 amide bonds. The van der Waals surface area contributed by atoms with Crippen molar-refractivity contribution in [2.45, 2.75) is 25.0 Å². The van der Waals surface area contributed by atoms with Crippen LogP contribution in [-0.4, -0.2) is 87.2 Å². The minimum atomic E-state index is -1.22. The Bertz CT molecular complexity index is 1070. The average Bonchev–Trinajstić information content (AvgIpc) is 2.86. The molecule has 2 atom stereocenters. The summed E-state index contributed by atoms with van der Waals surface area (Å²) in [7, 11) is 1.40. The Kier molecular flexibility index (Phi) is 10.2. The van der Waals surface area contributed by atoms with E-state index in [0.29, 0.717) is 26.3 Å². The van der Waals surface area contributed by atoms with Gasteiger partial charge in [-0.05, 0) is 16.3 Å². The zero-order valence-corrected chi connectivity index (χ0v) is 20.3. The highest BCUT2D eigenvalue weighted by atomic mass is 16.5. The van der Waals surface area contributed by atoms with Crippen molar-refractivity contribution >= 4 is 34.4 Å². The van der Waals surface area contributed by atoms with Crippen LogP contribution in [0.3, 0.4) is 0 Å². The van der Waals surface area contributed by atoms with Crippen LogP contribution in [0.2, 0.25) is 0 Å². The van der Waals surface area contributed by atoms with E-state index < -0.39 is 42.1 Å². The van der Waals surface area contributed by atoms with Crippen molar-refractivity contribution in [3.63, 3.8) is 0 Å². The zero-order valence-electron chi connectivity index (χ0n) is 20.3. The fourth-order valence-corrected chi connectivity index (χ4v) is 3.99. The van der Waals surface area contributed by atoms with Crippen LogP contribution in [0.25, 0.3) is 10.8 Å². The van der Waals surface area contributed by atoms with Crippen LogP contribution < -0.4 is 21.7 Å². The van der Waals surface area contributed by atoms with E-state index in [9.17, 15) is 19.2 Å². The molecule has 3 rings (SSSR count). The predicted octanol–water partition coefficient (Wildman–Crippen LogP) is -0.720. The molecule has 0 radical (unpaired) electrons. The number of methoxy groups -OCH3 is 1. The van der Waals surface area contributed by atoms with Crippen molar-refractivity contribution < 1.29 is 28.7 Å². The molecule has 11 heteroatoms. The average molecular weight is 500 g/mol. The number of morpholine rings is 1. The summed E-state index contributed by atoms with van der Waals surface area (Å²) in [5.74, 6) is -2.35. The molecule has 194 valence electrons. The summed E-state index contributed by atoms with van der Waals surface area (Å²) >= 11 is 0. The molecule has 0 aromatic heterocycles. The minimum absolute atomic E-state index is 0.0545. The molecule has 2 aromatic rings. The van der Waals surface area contributed by atoms with Crippen molar-refractivity contribution in [2.75, 3.05) is 46.6 Å². The van der Waals surface area contributed by atoms with Gasteiger partial charge in [-0.25, -0.2) is 0 Å². The molecule has 0 aliphatic carbocycles. The van der Waals surface area contributed by atoms with Gasteiger partial charge in [-0.3, -0.25) is 24.1 Å². The lowest BCUT2D eigenvalue weighted by atomic mass is 10.0. The fraction of sp³-hybridized carbons (Fsp3) is 0.440. The molecule has 5 N–H and O–H groups in total. The maximum atomic E-state index is 12.9. The first-order chi connectivity index (χ1) is 17.4. The van der Waals surface area contributed by atoms with E-state index in [1.807, 2.05) is 47.4 Å². The van der Waals surface area contributed by atoms with Crippen LogP contribution in [0.4, 0.5) is 0 Å². The summed E-state index contributed by atoms with van der Waals surface area (Å²) < 4.78 is 10.4. The third-order valence-corrected chi connectivity index (χ3v) is 5.83. The monoisotopic (exact) mass is 499 g/mol.